The van der Waals surface area contributed by atoms with E-state index in [4.69, 9.17) is 5.11 Å². The van der Waals surface area contributed by atoms with E-state index in [0.717, 1.165) is 22.4 Å². The van der Waals surface area contributed by atoms with E-state index in [1.165, 1.54) is 5.56 Å². The normalized spacial score (nSPS) is 10.7. The van der Waals surface area contributed by atoms with Crippen LogP contribution in [0.3, 0.4) is 0 Å². The van der Waals surface area contributed by atoms with Crippen LogP contribution in [0, 0.1) is 20.8 Å². The van der Waals surface area contributed by atoms with Gasteiger partial charge in [-0.15, -0.1) is 0 Å². The number of nitrogens with zero attached hydrogens (tertiary/aromatic N) is 2. The molecule has 2 aromatic rings. The Kier molecular flexibility index (Phi) is 2.95. The molecule has 1 aromatic carbocycles. The minimum Gasteiger partial charge on any atom is -0.476 e. The van der Waals surface area contributed by atoms with Gasteiger partial charge in [0.1, 0.15) is 0 Å². The molecule has 18 heavy (non-hydrogen) atoms. The summed E-state index contributed by atoms with van der Waals surface area (Å²) in [5.41, 5.74) is 5.45. The average molecular weight is 244 g/mol. The quantitative estimate of drug-likeness (QED) is 0.883. The predicted octanol–water partition coefficient (Wildman–Crippen LogP) is 2.71. The Hall–Kier alpha value is -2.10. The molecule has 0 saturated heterocycles. The highest BCUT2D eigenvalue weighted by molar-refractivity contribution is 5.87. The monoisotopic (exact) mass is 244 g/mol. The van der Waals surface area contributed by atoms with Crippen molar-refractivity contribution >= 4 is 5.97 Å². The molecule has 0 aliphatic rings. The largest absolute Gasteiger partial charge is 0.476 e. The average Bonchev–Trinajstić information content (AvgIpc) is 2.66. The zero-order valence-electron chi connectivity index (χ0n) is 11.0. The molecule has 94 valence electrons. The smallest absolute Gasteiger partial charge is 0.356 e. The summed E-state index contributed by atoms with van der Waals surface area (Å²) in [5.74, 6) is -1.00. The number of rotatable bonds is 2. The maximum absolute atomic E-state index is 10.9. The van der Waals surface area contributed by atoms with Crippen molar-refractivity contribution in [2.24, 2.45) is 7.05 Å². The SMILES string of the molecule is Cc1cc(C)c(C)c(-c2cc(C(=O)O)nn2C)c1. The molecule has 4 heteroatoms. The molecule has 0 atom stereocenters. The number of aromatic carboxylic acids is 1. The number of aryl methyl sites for hydroxylation is 3. The molecule has 1 heterocycles. The lowest BCUT2D eigenvalue weighted by atomic mass is 9.98. The number of aromatic nitrogens is 2. The van der Waals surface area contributed by atoms with E-state index < -0.39 is 5.97 Å². The highest BCUT2D eigenvalue weighted by atomic mass is 16.4. The molecule has 1 N–H and O–H groups in total. The minimum absolute atomic E-state index is 0.0751. The predicted molar refractivity (Wildman–Crippen MR) is 69.8 cm³/mol. The van der Waals surface area contributed by atoms with E-state index in [1.54, 1.807) is 17.8 Å². The zero-order chi connectivity index (χ0) is 13.4. The first-order valence-corrected chi connectivity index (χ1v) is 5.75. The van der Waals surface area contributed by atoms with Crippen LogP contribution in [0.4, 0.5) is 0 Å². The summed E-state index contributed by atoms with van der Waals surface area (Å²) in [7, 11) is 1.76. The molecule has 0 amide bonds. The van der Waals surface area contributed by atoms with Gasteiger partial charge in [-0.05, 0) is 44.0 Å². The molecular formula is C14H16N2O2. The molecule has 0 radical (unpaired) electrons. The van der Waals surface area contributed by atoms with Gasteiger partial charge in [0, 0.05) is 12.6 Å². The summed E-state index contributed by atoms with van der Waals surface area (Å²) in [5, 5.41) is 13.0. The van der Waals surface area contributed by atoms with Gasteiger partial charge >= 0.3 is 5.97 Å². The Morgan fingerprint density at radius 1 is 1.22 bits per heavy atom. The first-order chi connectivity index (χ1) is 8.40. The molecule has 0 fully saturated rings. The molecule has 0 aliphatic heterocycles. The van der Waals surface area contributed by atoms with Gasteiger partial charge in [-0.3, -0.25) is 4.68 Å². The van der Waals surface area contributed by atoms with Gasteiger partial charge in [0.2, 0.25) is 0 Å². The van der Waals surface area contributed by atoms with E-state index in [-0.39, 0.29) is 5.69 Å². The van der Waals surface area contributed by atoms with Crippen LogP contribution < -0.4 is 0 Å². The topological polar surface area (TPSA) is 55.1 Å². The van der Waals surface area contributed by atoms with Crippen LogP contribution >= 0.6 is 0 Å². The molecule has 0 unspecified atom stereocenters. The second-order valence-corrected chi connectivity index (χ2v) is 4.60. The number of benzene rings is 1. The Morgan fingerprint density at radius 2 is 1.89 bits per heavy atom. The lowest BCUT2D eigenvalue weighted by Gasteiger charge is -2.10. The van der Waals surface area contributed by atoms with E-state index in [2.05, 4.69) is 24.2 Å². The van der Waals surface area contributed by atoms with Crippen molar-refractivity contribution in [3.63, 3.8) is 0 Å². The van der Waals surface area contributed by atoms with Gasteiger partial charge in [-0.25, -0.2) is 4.79 Å². The Bertz CT molecular complexity index is 627. The maximum Gasteiger partial charge on any atom is 0.356 e. The summed E-state index contributed by atoms with van der Waals surface area (Å²) in [6.07, 6.45) is 0. The maximum atomic E-state index is 10.9. The third-order valence-electron chi connectivity index (χ3n) is 3.19. The van der Waals surface area contributed by atoms with Crippen LogP contribution in [0.2, 0.25) is 0 Å². The Balaban J connectivity index is 2.65. The molecule has 1 aromatic heterocycles. The van der Waals surface area contributed by atoms with Gasteiger partial charge in [0.15, 0.2) is 5.69 Å². The van der Waals surface area contributed by atoms with Crippen LogP contribution in [0.25, 0.3) is 11.3 Å². The van der Waals surface area contributed by atoms with Crippen molar-refractivity contribution < 1.29 is 9.90 Å². The molecule has 0 saturated carbocycles. The molecular weight excluding hydrogens is 228 g/mol. The summed E-state index contributed by atoms with van der Waals surface area (Å²) >= 11 is 0. The molecule has 2 rings (SSSR count). The van der Waals surface area contributed by atoms with Gasteiger partial charge in [-0.2, -0.15) is 5.10 Å². The third kappa shape index (κ3) is 2.01. The highest BCUT2D eigenvalue weighted by Crippen LogP contribution is 2.27. The van der Waals surface area contributed by atoms with Crippen molar-refractivity contribution in [3.05, 3.63) is 40.6 Å². The lowest BCUT2D eigenvalue weighted by molar-refractivity contribution is 0.0689. The second kappa shape index (κ2) is 4.29. The van der Waals surface area contributed by atoms with Crippen LogP contribution in [0.1, 0.15) is 27.2 Å². The van der Waals surface area contributed by atoms with Gasteiger partial charge in [0.25, 0.3) is 0 Å². The summed E-state index contributed by atoms with van der Waals surface area (Å²) in [6, 6.07) is 5.79. The number of carboxylic acids is 1. The van der Waals surface area contributed by atoms with Crippen molar-refractivity contribution in [2.45, 2.75) is 20.8 Å². The number of carboxylic acid groups (broad SMARTS) is 1. The fraction of sp³-hybridized carbons (Fsp3) is 0.286. The molecule has 0 bridgehead atoms. The van der Waals surface area contributed by atoms with E-state index in [0.29, 0.717) is 0 Å². The van der Waals surface area contributed by atoms with Gasteiger partial charge in [-0.1, -0.05) is 11.6 Å². The summed E-state index contributed by atoms with van der Waals surface area (Å²) < 4.78 is 1.62. The molecule has 0 aliphatic carbocycles. The van der Waals surface area contributed by atoms with Gasteiger partial charge in [0.05, 0.1) is 5.69 Å². The highest BCUT2D eigenvalue weighted by Gasteiger charge is 2.14. The summed E-state index contributed by atoms with van der Waals surface area (Å²) in [6.45, 7) is 6.13. The van der Waals surface area contributed by atoms with Crippen molar-refractivity contribution in [1.29, 1.82) is 0 Å². The minimum atomic E-state index is -1.00. The van der Waals surface area contributed by atoms with Crippen LogP contribution in [0.15, 0.2) is 18.2 Å². The fourth-order valence-corrected chi connectivity index (χ4v) is 2.13. The van der Waals surface area contributed by atoms with Crippen LogP contribution in [-0.4, -0.2) is 20.9 Å². The van der Waals surface area contributed by atoms with Gasteiger partial charge < -0.3 is 5.11 Å². The van der Waals surface area contributed by atoms with Crippen LogP contribution in [-0.2, 0) is 7.05 Å². The Labute approximate surface area is 106 Å². The molecule has 4 nitrogen and oxygen atoms in total. The first kappa shape index (κ1) is 12.4. The Morgan fingerprint density at radius 3 is 2.44 bits per heavy atom. The van der Waals surface area contributed by atoms with E-state index in [1.807, 2.05) is 13.8 Å². The summed E-state index contributed by atoms with van der Waals surface area (Å²) in [4.78, 5) is 10.9. The fourth-order valence-electron chi connectivity index (χ4n) is 2.13. The first-order valence-electron chi connectivity index (χ1n) is 5.75. The standard InChI is InChI=1S/C14H16N2O2/c1-8-5-9(2)10(3)11(6-8)13-7-12(14(17)18)15-16(13)4/h5-7H,1-4H3,(H,17,18). The van der Waals surface area contributed by atoms with Crippen molar-refractivity contribution in [2.75, 3.05) is 0 Å². The van der Waals surface area contributed by atoms with E-state index >= 15 is 0 Å². The number of hydrogen-bond donors (Lipinski definition) is 1. The number of carbonyl (C=O) groups is 1. The zero-order valence-corrected chi connectivity index (χ0v) is 11.0. The second-order valence-electron chi connectivity index (χ2n) is 4.60. The van der Waals surface area contributed by atoms with Crippen LogP contribution in [0.5, 0.6) is 0 Å². The third-order valence-corrected chi connectivity index (χ3v) is 3.19. The number of hydrogen-bond acceptors (Lipinski definition) is 2. The molecule has 0 spiro atoms. The van der Waals surface area contributed by atoms with Crippen molar-refractivity contribution in [1.82, 2.24) is 9.78 Å². The van der Waals surface area contributed by atoms with E-state index in [9.17, 15) is 4.79 Å². The van der Waals surface area contributed by atoms with Crippen molar-refractivity contribution in [3.8, 4) is 11.3 Å². The lowest BCUT2D eigenvalue weighted by Crippen LogP contribution is -2.00.